The van der Waals surface area contributed by atoms with E-state index in [1.807, 2.05) is 60.7 Å². The quantitative estimate of drug-likeness (QED) is 0.211. The van der Waals surface area contributed by atoms with Crippen LogP contribution in [0.1, 0.15) is 0 Å². The number of benzene rings is 7. The van der Waals surface area contributed by atoms with Gasteiger partial charge in [0, 0.05) is 16.7 Å². The average molecular weight is 536 g/mol. The molecule has 8 aromatic rings. The van der Waals surface area contributed by atoms with Crippen LogP contribution in [0.4, 0.5) is 0 Å². The third kappa shape index (κ3) is 4.20. The highest BCUT2D eigenvalue weighted by Gasteiger charge is 2.14. The number of nitrogens with zero attached hydrogens (tertiary/aromatic N) is 3. The lowest BCUT2D eigenvalue weighted by atomic mass is 9.90. The first-order valence-corrected chi connectivity index (χ1v) is 14.1. The molecule has 0 saturated carbocycles. The van der Waals surface area contributed by atoms with Gasteiger partial charge in [0.2, 0.25) is 0 Å². The molecule has 1 aromatic heterocycles. The summed E-state index contributed by atoms with van der Waals surface area (Å²) < 4.78 is 0. The Kier molecular flexibility index (Phi) is 5.79. The van der Waals surface area contributed by atoms with Crippen LogP contribution >= 0.6 is 0 Å². The van der Waals surface area contributed by atoms with E-state index in [1.165, 1.54) is 37.9 Å². The third-order valence-electron chi connectivity index (χ3n) is 7.90. The number of hydrogen-bond donors (Lipinski definition) is 0. The van der Waals surface area contributed by atoms with Gasteiger partial charge in [-0.2, -0.15) is 0 Å². The van der Waals surface area contributed by atoms with Gasteiger partial charge < -0.3 is 0 Å². The minimum Gasteiger partial charge on any atom is -0.208 e. The van der Waals surface area contributed by atoms with Gasteiger partial charge >= 0.3 is 0 Å². The molecular formula is C39H25N3. The lowest BCUT2D eigenvalue weighted by Crippen LogP contribution is -2.00. The Morgan fingerprint density at radius 3 is 1.38 bits per heavy atom. The molecule has 3 heteroatoms. The van der Waals surface area contributed by atoms with Gasteiger partial charge in [-0.3, -0.25) is 0 Å². The van der Waals surface area contributed by atoms with Crippen LogP contribution in [0.25, 0.3) is 77.6 Å². The van der Waals surface area contributed by atoms with Crippen molar-refractivity contribution in [3.63, 3.8) is 0 Å². The molecule has 1 heterocycles. The van der Waals surface area contributed by atoms with Gasteiger partial charge in [0.15, 0.2) is 17.5 Å². The monoisotopic (exact) mass is 535 g/mol. The lowest BCUT2D eigenvalue weighted by molar-refractivity contribution is 1.07. The minimum atomic E-state index is 0.657. The predicted molar refractivity (Wildman–Crippen MR) is 174 cm³/mol. The second-order valence-corrected chi connectivity index (χ2v) is 10.5. The van der Waals surface area contributed by atoms with E-state index in [9.17, 15) is 0 Å². The molecule has 0 fully saturated rings. The Balaban J connectivity index is 1.27. The van der Waals surface area contributed by atoms with E-state index in [0.717, 1.165) is 22.3 Å². The van der Waals surface area contributed by atoms with E-state index >= 15 is 0 Å². The van der Waals surface area contributed by atoms with Crippen LogP contribution in [0, 0.1) is 0 Å². The molecule has 0 amide bonds. The highest BCUT2D eigenvalue weighted by atomic mass is 15.0. The summed E-state index contributed by atoms with van der Waals surface area (Å²) in [4.78, 5) is 14.6. The van der Waals surface area contributed by atoms with Gasteiger partial charge in [-0.05, 0) is 49.5 Å². The van der Waals surface area contributed by atoms with E-state index in [4.69, 9.17) is 15.0 Å². The summed E-state index contributed by atoms with van der Waals surface area (Å²) in [5.41, 5.74) is 5.25. The lowest BCUT2D eigenvalue weighted by Gasteiger charge is -2.14. The van der Waals surface area contributed by atoms with E-state index in [2.05, 4.69) is 91.0 Å². The molecule has 0 unspecified atom stereocenters. The number of aromatic nitrogens is 3. The fourth-order valence-corrected chi connectivity index (χ4v) is 5.85. The molecule has 0 aliphatic carbocycles. The van der Waals surface area contributed by atoms with Crippen molar-refractivity contribution in [1.82, 2.24) is 15.0 Å². The zero-order valence-corrected chi connectivity index (χ0v) is 22.8. The average Bonchev–Trinajstić information content (AvgIpc) is 3.08. The Morgan fingerprint density at radius 1 is 0.310 bits per heavy atom. The van der Waals surface area contributed by atoms with Gasteiger partial charge in [-0.15, -0.1) is 0 Å². The number of rotatable bonds is 4. The van der Waals surface area contributed by atoms with Gasteiger partial charge in [-0.25, -0.2) is 15.0 Å². The summed E-state index contributed by atoms with van der Waals surface area (Å²) in [6.45, 7) is 0. The smallest absolute Gasteiger partial charge is 0.164 e. The summed E-state index contributed by atoms with van der Waals surface area (Å²) in [5.74, 6) is 1.98. The summed E-state index contributed by atoms with van der Waals surface area (Å²) in [5, 5.41) is 7.59. The SMILES string of the molecule is c1ccc(-c2nc(-c3ccccc3)nc(-c3ccc(-c4cc5ccc6ccccc6c5c5ccccc45)cc3)n2)cc1. The second kappa shape index (κ2) is 10.1. The topological polar surface area (TPSA) is 38.7 Å². The van der Waals surface area contributed by atoms with Crippen molar-refractivity contribution in [2.24, 2.45) is 0 Å². The molecule has 8 rings (SSSR count). The van der Waals surface area contributed by atoms with Crippen molar-refractivity contribution in [2.45, 2.75) is 0 Å². The Hall–Kier alpha value is -5.67. The van der Waals surface area contributed by atoms with Gasteiger partial charge in [0.1, 0.15) is 0 Å². The molecule has 0 aliphatic heterocycles. The van der Waals surface area contributed by atoms with E-state index in [0.29, 0.717) is 17.5 Å². The molecular weight excluding hydrogens is 510 g/mol. The summed E-state index contributed by atoms with van der Waals surface area (Å²) >= 11 is 0. The predicted octanol–water partition coefficient (Wildman–Crippen LogP) is 10.00. The molecule has 196 valence electrons. The molecule has 0 bridgehead atoms. The van der Waals surface area contributed by atoms with Gasteiger partial charge in [-0.1, -0.05) is 146 Å². The zero-order valence-electron chi connectivity index (χ0n) is 22.8. The van der Waals surface area contributed by atoms with Crippen LogP contribution in [-0.2, 0) is 0 Å². The molecule has 0 N–H and O–H groups in total. The maximum absolute atomic E-state index is 4.90. The van der Waals surface area contributed by atoms with Gasteiger partial charge in [0.25, 0.3) is 0 Å². The Bertz CT molecular complexity index is 2160. The van der Waals surface area contributed by atoms with Crippen LogP contribution in [0.5, 0.6) is 0 Å². The van der Waals surface area contributed by atoms with Crippen molar-refractivity contribution in [3.05, 3.63) is 152 Å². The Morgan fingerprint density at radius 2 is 0.762 bits per heavy atom. The molecule has 0 spiro atoms. The molecule has 0 radical (unpaired) electrons. The molecule has 0 aliphatic rings. The van der Waals surface area contributed by atoms with Crippen LogP contribution in [0.3, 0.4) is 0 Å². The minimum absolute atomic E-state index is 0.657. The maximum atomic E-state index is 4.90. The van der Waals surface area contributed by atoms with Crippen LogP contribution in [-0.4, -0.2) is 15.0 Å². The highest BCUT2D eigenvalue weighted by molar-refractivity contribution is 6.23. The molecule has 0 atom stereocenters. The van der Waals surface area contributed by atoms with Crippen molar-refractivity contribution in [2.75, 3.05) is 0 Å². The van der Waals surface area contributed by atoms with Gasteiger partial charge in [0.05, 0.1) is 0 Å². The van der Waals surface area contributed by atoms with Crippen molar-refractivity contribution >= 4 is 32.3 Å². The van der Waals surface area contributed by atoms with E-state index < -0.39 is 0 Å². The first kappa shape index (κ1) is 24.2. The summed E-state index contributed by atoms with van der Waals surface area (Å²) in [6.07, 6.45) is 0. The highest BCUT2D eigenvalue weighted by Crippen LogP contribution is 2.38. The van der Waals surface area contributed by atoms with E-state index in [-0.39, 0.29) is 0 Å². The third-order valence-corrected chi connectivity index (χ3v) is 7.90. The maximum Gasteiger partial charge on any atom is 0.164 e. The zero-order chi connectivity index (χ0) is 27.9. The summed E-state index contributed by atoms with van der Waals surface area (Å²) in [7, 11) is 0. The first-order valence-electron chi connectivity index (χ1n) is 14.1. The second-order valence-electron chi connectivity index (χ2n) is 10.5. The van der Waals surface area contributed by atoms with Crippen LogP contribution < -0.4 is 0 Å². The van der Waals surface area contributed by atoms with Crippen molar-refractivity contribution < 1.29 is 0 Å². The standard InChI is InChI=1S/C39H25N3/c1-3-12-28(13-4-1)37-40-38(29-14-5-2-6-15-29)42-39(41-37)30-22-19-27(20-23-30)35-25-31-24-21-26-11-7-8-16-32(26)36(31)34-18-10-9-17-33(34)35/h1-25H. The first-order chi connectivity index (χ1) is 20.8. The largest absolute Gasteiger partial charge is 0.208 e. The number of fused-ring (bicyclic) bond motifs is 5. The Labute approximate surface area is 243 Å². The molecule has 42 heavy (non-hydrogen) atoms. The normalized spacial score (nSPS) is 11.3. The molecule has 3 nitrogen and oxygen atoms in total. The summed E-state index contributed by atoms with van der Waals surface area (Å²) in [6, 6.07) is 52.9. The molecule has 0 saturated heterocycles. The van der Waals surface area contributed by atoms with Crippen LogP contribution in [0.2, 0.25) is 0 Å². The fraction of sp³-hybridized carbons (Fsp3) is 0. The van der Waals surface area contributed by atoms with E-state index in [1.54, 1.807) is 0 Å². The van der Waals surface area contributed by atoms with Crippen LogP contribution in [0.15, 0.2) is 152 Å². The van der Waals surface area contributed by atoms with Crippen molar-refractivity contribution in [1.29, 1.82) is 0 Å². The molecule has 7 aromatic carbocycles. The fourth-order valence-electron chi connectivity index (χ4n) is 5.85. The number of hydrogen-bond acceptors (Lipinski definition) is 3. The van der Waals surface area contributed by atoms with Crippen molar-refractivity contribution in [3.8, 4) is 45.3 Å².